The fraction of sp³-hybridized carbons (Fsp3) is 0.917. The molecule has 1 aliphatic carbocycles. The van der Waals surface area contributed by atoms with Gasteiger partial charge in [0.25, 0.3) is 0 Å². The second-order valence-corrected chi connectivity index (χ2v) is 5.55. The first kappa shape index (κ1) is 11.9. The van der Waals surface area contributed by atoms with Crippen molar-refractivity contribution < 1.29 is 4.79 Å². The number of amides is 1. The fourth-order valence-electron chi connectivity index (χ4n) is 2.85. The van der Waals surface area contributed by atoms with E-state index in [4.69, 9.17) is 5.73 Å². The van der Waals surface area contributed by atoms with Crippen molar-refractivity contribution in [1.29, 1.82) is 0 Å². The summed E-state index contributed by atoms with van der Waals surface area (Å²) in [7, 11) is 4.25. The van der Waals surface area contributed by atoms with Crippen molar-refractivity contribution in [2.75, 3.05) is 33.7 Å². The molecule has 1 heterocycles. The SMILES string of the molecule is CN(C)C1(CN2CC(CN)CC2=O)CCC1. The van der Waals surface area contributed by atoms with E-state index < -0.39 is 0 Å². The smallest absolute Gasteiger partial charge is 0.223 e. The first-order valence-corrected chi connectivity index (χ1v) is 6.23. The Morgan fingerprint density at radius 2 is 2.19 bits per heavy atom. The van der Waals surface area contributed by atoms with Gasteiger partial charge in [-0.1, -0.05) is 0 Å². The molecule has 1 saturated carbocycles. The normalized spacial score (nSPS) is 28.6. The van der Waals surface area contributed by atoms with Gasteiger partial charge in [-0.15, -0.1) is 0 Å². The highest BCUT2D eigenvalue weighted by Crippen LogP contribution is 2.37. The number of likely N-dealkylation sites (tertiary alicyclic amines) is 1. The Morgan fingerprint density at radius 1 is 1.50 bits per heavy atom. The van der Waals surface area contributed by atoms with Crippen molar-refractivity contribution in [2.24, 2.45) is 11.7 Å². The molecule has 1 aliphatic heterocycles. The number of carbonyl (C=O) groups is 1. The van der Waals surface area contributed by atoms with E-state index in [2.05, 4.69) is 19.0 Å². The number of hydrogen-bond donors (Lipinski definition) is 1. The van der Waals surface area contributed by atoms with Gasteiger partial charge in [-0.25, -0.2) is 0 Å². The molecule has 1 unspecified atom stereocenters. The lowest BCUT2D eigenvalue weighted by molar-refractivity contribution is -0.130. The Morgan fingerprint density at radius 3 is 2.56 bits per heavy atom. The molecule has 1 atom stereocenters. The summed E-state index contributed by atoms with van der Waals surface area (Å²) in [5.74, 6) is 0.676. The Hall–Kier alpha value is -0.610. The minimum atomic E-state index is 0.249. The molecule has 2 fully saturated rings. The minimum absolute atomic E-state index is 0.249. The van der Waals surface area contributed by atoms with Gasteiger partial charge in [0.2, 0.25) is 5.91 Å². The summed E-state index contributed by atoms with van der Waals surface area (Å²) in [6.45, 7) is 2.40. The summed E-state index contributed by atoms with van der Waals surface area (Å²) in [5.41, 5.74) is 5.89. The molecule has 0 spiro atoms. The van der Waals surface area contributed by atoms with Gasteiger partial charge in [-0.3, -0.25) is 4.79 Å². The predicted octanol–water partition coefficient (Wildman–Crippen LogP) is 0.278. The van der Waals surface area contributed by atoms with E-state index in [0.717, 1.165) is 13.1 Å². The van der Waals surface area contributed by atoms with Gasteiger partial charge < -0.3 is 15.5 Å². The highest BCUT2D eigenvalue weighted by Gasteiger charge is 2.43. The van der Waals surface area contributed by atoms with Crippen molar-refractivity contribution in [3.63, 3.8) is 0 Å². The number of nitrogens with two attached hydrogens (primary N) is 1. The van der Waals surface area contributed by atoms with E-state index in [1.807, 2.05) is 4.90 Å². The molecular weight excluding hydrogens is 202 g/mol. The molecule has 2 N–H and O–H groups in total. The van der Waals surface area contributed by atoms with Crippen molar-refractivity contribution >= 4 is 5.91 Å². The standard InChI is InChI=1S/C12H23N3O/c1-14(2)12(4-3-5-12)9-15-8-10(7-13)6-11(15)16/h10H,3-9,13H2,1-2H3. The second-order valence-electron chi connectivity index (χ2n) is 5.55. The number of hydrogen-bond acceptors (Lipinski definition) is 3. The van der Waals surface area contributed by atoms with Crippen LogP contribution in [0.25, 0.3) is 0 Å². The maximum atomic E-state index is 11.8. The molecule has 0 aromatic rings. The number of carbonyl (C=O) groups excluding carboxylic acids is 1. The Balaban J connectivity index is 1.96. The van der Waals surface area contributed by atoms with E-state index in [-0.39, 0.29) is 5.54 Å². The van der Waals surface area contributed by atoms with Gasteiger partial charge in [0, 0.05) is 25.0 Å². The van der Waals surface area contributed by atoms with Gasteiger partial charge in [-0.05, 0) is 45.8 Å². The van der Waals surface area contributed by atoms with Crippen LogP contribution in [0.3, 0.4) is 0 Å². The molecule has 0 radical (unpaired) electrons. The molecule has 16 heavy (non-hydrogen) atoms. The van der Waals surface area contributed by atoms with Crippen molar-refractivity contribution in [3.8, 4) is 0 Å². The lowest BCUT2D eigenvalue weighted by Crippen LogP contribution is -2.57. The third kappa shape index (κ3) is 1.96. The Kier molecular flexibility index (Phi) is 3.22. The predicted molar refractivity (Wildman–Crippen MR) is 64.0 cm³/mol. The third-order valence-electron chi connectivity index (χ3n) is 4.35. The summed E-state index contributed by atoms with van der Waals surface area (Å²) >= 11 is 0. The van der Waals surface area contributed by atoms with Crippen LogP contribution in [0.4, 0.5) is 0 Å². The van der Waals surface area contributed by atoms with Crippen molar-refractivity contribution in [3.05, 3.63) is 0 Å². The van der Waals surface area contributed by atoms with Crippen LogP contribution in [0.15, 0.2) is 0 Å². The van der Waals surface area contributed by atoms with Gasteiger partial charge in [0.15, 0.2) is 0 Å². The second kappa shape index (κ2) is 4.34. The molecule has 92 valence electrons. The molecule has 0 aromatic carbocycles. The van der Waals surface area contributed by atoms with Gasteiger partial charge in [0.05, 0.1) is 0 Å². The fourth-order valence-corrected chi connectivity index (χ4v) is 2.85. The summed E-state index contributed by atoms with van der Waals surface area (Å²) < 4.78 is 0. The molecule has 4 nitrogen and oxygen atoms in total. The third-order valence-corrected chi connectivity index (χ3v) is 4.35. The molecule has 2 aliphatic rings. The molecule has 1 amide bonds. The molecule has 2 rings (SSSR count). The molecule has 0 bridgehead atoms. The van der Waals surface area contributed by atoms with Crippen molar-refractivity contribution in [2.45, 2.75) is 31.2 Å². The van der Waals surface area contributed by atoms with E-state index in [0.29, 0.717) is 24.8 Å². The monoisotopic (exact) mass is 225 g/mol. The topological polar surface area (TPSA) is 49.6 Å². The number of nitrogens with zero attached hydrogens (tertiary/aromatic N) is 2. The first-order chi connectivity index (χ1) is 7.57. The van der Waals surface area contributed by atoms with E-state index >= 15 is 0 Å². The van der Waals surface area contributed by atoms with Gasteiger partial charge in [0.1, 0.15) is 0 Å². The van der Waals surface area contributed by atoms with Crippen LogP contribution in [0, 0.1) is 5.92 Å². The van der Waals surface area contributed by atoms with E-state index in [1.165, 1.54) is 19.3 Å². The molecule has 1 saturated heterocycles. The molecule has 0 aromatic heterocycles. The average Bonchev–Trinajstić information content (AvgIpc) is 2.52. The van der Waals surface area contributed by atoms with Crippen LogP contribution in [-0.4, -0.2) is 55.0 Å². The van der Waals surface area contributed by atoms with Crippen LogP contribution in [0.2, 0.25) is 0 Å². The van der Waals surface area contributed by atoms with Crippen molar-refractivity contribution in [1.82, 2.24) is 9.80 Å². The average molecular weight is 225 g/mol. The number of rotatable bonds is 4. The van der Waals surface area contributed by atoms with E-state index in [1.54, 1.807) is 0 Å². The quantitative estimate of drug-likeness (QED) is 0.747. The minimum Gasteiger partial charge on any atom is -0.340 e. The van der Waals surface area contributed by atoms with Crippen LogP contribution >= 0.6 is 0 Å². The molecular formula is C12H23N3O. The van der Waals surface area contributed by atoms with Gasteiger partial charge in [-0.2, -0.15) is 0 Å². The maximum absolute atomic E-state index is 11.8. The highest BCUT2D eigenvalue weighted by molar-refractivity contribution is 5.78. The Labute approximate surface area is 97.8 Å². The summed E-state index contributed by atoms with van der Waals surface area (Å²) in [6, 6.07) is 0. The zero-order valence-electron chi connectivity index (χ0n) is 10.4. The summed E-state index contributed by atoms with van der Waals surface area (Å²) in [5, 5.41) is 0. The Bertz CT molecular complexity index is 273. The van der Waals surface area contributed by atoms with Gasteiger partial charge >= 0.3 is 0 Å². The number of likely N-dealkylation sites (N-methyl/N-ethyl adjacent to an activating group) is 1. The lowest BCUT2D eigenvalue weighted by atomic mass is 9.75. The first-order valence-electron chi connectivity index (χ1n) is 6.23. The molecule has 4 heteroatoms. The summed E-state index contributed by atoms with van der Waals surface area (Å²) in [6.07, 6.45) is 4.38. The van der Waals surface area contributed by atoms with Crippen LogP contribution in [0.5, 0.6) is 0 Å². The highest BCUT2D eigenvalue weighted by atomic mass is 16.2. The summed E-state index contributed by atoms with van der Waals surface area (Å²) in [4.78, 5) is 16.2. The van der Waals surface area contributed by atoms with Crippen LogP contribution in [0.1, 0.15) is 25.7 Å². The van der Waals surface area contributed by atoms with E-state index in [9.17, 15) is 4.79 Å². The maximum Gasteiger partial charge on any atom is 0.223 e. The largest absolute Gasteiger partial charge is 0.340 e. The zero-order valence-corrected chi connectivity index (χ0v) is 10.4. The van der Waals surface area contributed by atoms with Crippen LogP contribution in [-0.2, 0) is 4.79 Å². The lowest BCUT2D eigenvalue weighted by Gasteiger charge is -2.49. The van der Waals surface area contributed by atoms with Crippen LogP contribution < -0.4 is 5.73 Å². The zero-order chi connectivity index (χ0) is 11.8.